The number of para-hydroxylation sites is 1. The molecule has 1 saturated carbocycles. The predicted molar refractivity (Wildman–Crippen MR) is 136 cm³/mol. The van der Waals surface area contributed by atoms with Crippen molar-refractivity contribution >= 4 is 17.5 Å². The first-order valence-electron chi connectivity index (χ1n) is 12.4. The second kappa shape index (κ2) is 13.7. The molecular formula is C28H42N2O2. The summed E-state index contributed by atoms with van der Waals surface area (Å²) in [5.41, 5.74) is 2.37. The van der Waals surface area contributed by atoms with Crippen LogP contribution in [0.25, 0.3) is 0 Å². The fraction of sp³-hybridized carbons (Fsp3) is 0.500. The number of nitrogens with zero attached hydrogens (tertiary/aromatic N) is 1. The highest BCUT2D eigenvalue weighted by Crippen LogP contribution is 2.33. The van der Waals surface area contributed by atoms with Gasteiger partial charge in [-0.25, -0.2) is 0 Å². The van der Waals surface area contributed by atoms with Crippen molar-refractivity contribution < 1.29 is 11.0 Å². The van der Waals surface area contributed by atoms with Crippen molar-refractivity contribution in [3.05, 3.63) is 65.7 Å². The van der Waals surface area contributed by atoms with E-state index >= 15 is 0 Å². The maximum atomic E-state index is 13.8. The molecule has 1 aliphatic rings. The number of benzene rings is 2. The zero-order chi connectivity index (χ0) is 23.3. The summed E-state index contributed by atoms with van der Waals surface area (Å²) in [5.74, 6) is 0.0511. The fourth-order valence-corrected chi connectivity index (χ4v) is 4.42. The van der Waals surface area contributed by atoms with E-state index < -0.39 is 6.04 Å². The molecule has 2 aromatic carbocycles. The Bertz CT molecular complexity index is 835. The van der Waals surface area contributed by atoms with Crippen LogP contribution in [0, 0.1) is 12.8 Å². The van der Waals surface area contributed by atoms with Crippen molar-refractivity contribution in [1.29, 1.82) is 0 Å². The molecule has 1 N–H and O–H groups in total. The minimum absolute atomic E-state index is 0. The molecule has 4 heteroatoms. The second-order valence-electron chi connectivity index (χ2n) is 8.31. The van der Waals surface area contributed by atoms with E-state index in [2.05, 4.69) is 12.2 Å². The minimum Gasteiger partial charge on any atom is -0.354 e. The monoisotopic (exact) mass is 438 g/mol. The summed E-state index contributed by atoms with van der Waals surface area (Å²) in [6.07, 6.45) is 7.37. The van der Waals surface area contributed by atoms with E-state index in [1.54, 1.807) is 4.90 Å². The third-order valence-electron chi connectivity index (χ3n) is 6.10. The van der Waals surface area contributed by atoms with Gasteiger partial charge in [0.15, 0.2) is 0 Å². The normalized spacial score (nSPS) is 14.6. The number of carbonyl (C=O) groups excluding carboxylic acids is 2. The Morgan fingerprint density at radius 1 is 1.00 bits per heavy atom. The average molecular weight is 439 g/mol. The van der Waals surface area contributed by atoms with E-state index in [1.165, 1.54) is 6.42 Å². The summed E-state index contributed by atoms with van der Waals surface area (Å²) >= 11 is 0. The van der Waals surface area contributed by atoms with E-state index in [0.29, 0.717) is 12.1 Å². The van der Waals surface area contributed by atoms with Gasteiger partial charge in [0.2, 0.25) is 5.91 Å². The summed E-state index contributed by atoms with van der Waals surface area (Å²) in [7, 11) is 0. The zero-order valence-corrected chi connectivity index (χ0v) is 20.3. The largest absolute Gasteiger partial charge is 0.354 e. The molecule has 0 aromatic heterocycles. The summed E-state index contributed by atoms with van der Waals surface area (Å²) < 4.78 is 0. The molecule has 0 aliphatic heterocycles. The highest BCUT2D eigenvalue weighted by atomic mass is 16.2. The molecule has 0 saturated heterocycles. The number of aryl methyl sites for hydroxylation is 1. The summed E-state index contributed by atoms with van der Waals surface area (Å²) in [5, 5.41) is 3.12. The predicted octanol–water partition coefficient (Wildman–Crippen LogP) is 6.78. The third-order valence-corrected chi connectivity index (χ3v) is 6.10. The van der Waals surface area contributed by atoms with Gasteiger partial charge in [-0.3, -0.25) is 14.5 Å². The van der Waals surface area contributed by atoms with Gasteiger partial charge < -0.3 is 5.32 Å². The van der Waals surface area contributed by atoms with E-state index in [4.69, 9.17) is 0 Å². The first-order valence-corrected chi connectivity index (χ1v) is 12.4. The number of amides is 2. The lowest BCUT2D eigenvalue weighted by Crippen LogP contribution is -2.54. The Morgan fingerprint density at radius 2 is 1.62 bits per heavy atom. The van der Waals surface area contributed by atoms with Crippen molar-refractivity contribution in [2.75, 3.05) is 11.4 Å². The zero-order valence-electron chi connectivity index (χ0n) is 20.3. The molecule has 176 valence electrons. The van der Waals surface area contributed by atoms with Gasteiger partial charge >= 0.3 is 0 Å². The fourth-order valence-electron chi connectivity index (χ4n) is 4.42. The Morgan fingerprint density at radius 3 is 2.25 bits per heavy atom. The number of hydrogen-bond acceptors (Lipinski definition) is 2. The topological polar surface area (TPSA) is 49.4 Å². The molecule has 1 unspecified atom stereocenters. The van der Waals surface area contributed by atoms with Crippen LogP contribution in [0.2, 0.25) is 0 Å². The van der Waals surface area contributed by atoms with E-state index in [9.17, 15) is 9.59 Å². The number of rotatable bonds is 8. The van der Waals surface area contributed by atoms with Gasteiger partial charge in [-0.1, -0.05) is 82.9 Å². The maximum Gasteiger partial charge on any atom is 0.259 e. The molecule has 4 nitrogen and oxygen atoms in total. The van der Waals surface area contributed by atoms with Gasteiger partial charge in [0.1, 0.15) is 6.04 Å². The van der Waals surface area contributed by atoms with Crippen LogP contribution < -0.4 is 10.2 Å². The molecule has 1 fully saturated rings. The van der Waals surface area contributed by atoms with Gasteiger partial charge in [0.05, 0.1) is 0 Å². The Labute approximate surface area is 195 Å². The lowest BCUT2D eigenvalue weighted by Gasteiger charge is -2.38. The first-order chi connectivity index (χ1) is 15.6. The Hall–Kier alpha value is -2.62. The quantitative estimate of drug-likeness (QED) is 0.462. The van der Waals surface area contributed by atoms with E-state index in [1.807, 2.05) is 75.4 Å². The molecule has 3 rings (SSSR count). The number of anilines is 1. The highest BCUT2D eigenvalue weighted by Gasteiger charge is 2.38. The molecule has 0 radical (unpaired) electrons. The molecule has 2 amide bonds. The Balaban J connectivity index is 0.00000177. The first kappa shape index (κ1) is 25.6. The van der Waals surface area contributed by atoms with Crippen LogP contribution in [0.5, 0.6) is 0 Å². The molecule has 32 heavy (non-hydrogen) atoms. The van der Waals surface area contributed by atoms with Gasteiger partial charge in [-0.05, 0) is 55.9 Å². The molecule has 0 heterocycles. The second-order valence-corrected chi connectivity index (χ2v) is 8.31. The highest BCUT2D eigenvalue weighted by molar-refractivity contribution is 6.10. The summed E-state index contributed by atoms with van der Waals surface area (Å²) in [6, 6.07) is 16.8. The summed E-state index contributed by atoms with van der Waals surface area (Å²) in [4.78, 5) is 29.0. The van der Waals surface area contributed by atoms with Crippen LogP contribution in [0.15, 0.2) is 54.6 Å². The van der Waals surface area contributed by atoms with Gasteiger partial charge in [-0.15, -0.1) is 0 Å². The van der Waals surface area contributed by atoms with Crippen molar-refractivity contribution in [2.45, 2.75) is 78.7 Å². The summed E-state index contributed by atoms with van der Waals surface area (Å²) in [6.45, 7) is 8.72. The van der Waals surface area contributed by atoms with Gasteiger partial charge in [0.25, 0.3) is 5.91 Å². The van der Waals surface area contributed by atoms with Crippen molar-refractivity contribution in [2.24, 2.45) is 5.92 Å². The van der Waals surface area contributed by atoms with Crippen LogP contribution in [0.1, 0.15) is 83.1 Å². The van der Waals surface area contributed by atoms with Crippen LogP contribution in [-0.4, -0.2) is 24.4 Å². The number of hydrogen-bond donors (Lipinski definition) is 1. The van der Waals surface area contributed by atoms with Crippen LogP contribution >= 0.6 is 0 Å². The molecule has 0 bridgehead atoms. The smallest absolute Gasteiger partial charge is 0.259 e. The van der Waals surface area contributed by atoms with Crippen LogP contribution in [-0.2, 0) is 4.79 Å². The standard InChI is InChI=1S/C26H34N2O2.C2H6.H2/c1-3-4-19-27-25(29)24(21-14-7-5-8-15-21)28(22-16-9-6-10-17-22)26(30)23-18-12-11-13-20(23)2;1-2;/h6,9-13,16-18,21,24H,3-5,7-8,14-15,19H2,1-2H3,(H,27,29);1-2H3;1H. The molecular weight excluding hydrogens is 396 g/mol. The Kier molecular flexibility index (Phi) is 11.0. The van der Waals surface area contributed by atoms with E-state index in [-0.39, 0.29) is 19.2 Å². The molecule has 0 spiro atoms. The molecule has 1 atom stereocenters. The number of nitrogens with one attached hydrogen (secondary N) is 1. The van der Waals surface area contributed by atoms with Crippen molar-refractivity contribution in [1.82, 2.24) is 5.32 Å². The van der Waals surface area contributed by atoms with E-state index in [0.717, 1.165) is 49.8 Å². The average Bonchev–Trinajstić information content (AvgIpc) is 2.85. The van der Waals surface area contributed by atoms with Gasteiger partial charge in [0, 0.05) is 19.2 Å². The van der Waals surface area contributed by atoms with Crippen LogP contribution in [0.3, 0.4) is 0 Å². The maximum absolute atomic E-state index is 13.8. The third kappa shape index (κ3) is 6.69. The lowest BCUT2D eigenvalue weighted by atomic mass is 9.82. The lowest BCUT2D eigenvalue weighted by molar-refractivity contribution is -0.123. The minimum atomic E-state index is -0.489. The van der Waals surface area contributed by atoms with Crippen molar-refractivity contribution in [3.63, 3.8) is 0 Å². The number of carbonyl (C=O) groups is 2. The SMILES string of the molecule is CC.CCCCNC(=O)C(C1CCCCC1)N(C(=O)c1ccccc1C)c1ccccc1.[HH]. The van der Waals surface area contributed by atoms with Gasteiger partial charge in [-0.2, -0.15) is 0 Å². The van der Waals surface area contributed by atoms with Crippen LogP contribution in [0.4, 0.5) is 5.69 Å². The number of unbranched alkanes of at least 4 members (excludes halogenated alkanes) is 1. The van der Waals surface area contributed by atoms with Crippen molar-refractivity contribution in [3.8, 4) is 0 Å². The molecule has 1 aliphatic carbocycles. The molecule has 2 aromatic rings.